The molecule has 0 amide bonds. The molecule has 0 unspecified atom stereocenters. The summed E-state index contributed by atoms with van der Waals surface area (Å²) in [5.74, 6) is -0.876. The van der Waals surface area contributed by atoms with Crippen LogP contribution < -0.4 is 15.1 Å². The highest BCUT2D eigenvalue weighted by atomic mass is 16.7. The number of phenolic OH excluding ortho intramolecular Hbond substituents is 1. The van der Waals surface area contributed by atoms with Crippen molar-refractivity contribution in [1.29, 1.82) is 0 Å². The van der Waals surface area contributed by atoms with E-state index in [0.29, 0.717) is 5.39 Å². The average Bonchev–Trinajstić information content (AvgIpc) is 2.64. The molecule has 1 aliphatic rings. The van der Waals surface area contributed by atoms with Gasteiger partial charge >= 0.3 is 5.63 Å². The maximum Gasteiger partial charge on any atom is 0.336 e. The fourth-order valence-corrected chi connectivity index (χ4v) is 2.69. The van der Waals surface area contributed by atoms with E-state index in [1.807, 2.05) is 0 Å². The van der Waals surface area contributed by atoms with E-state index in [4.69, 9.17) is 18.6 Å². The molecule has 0 saturated carbocycles. The first-order chi connectivity index (χ1) is 12.4. The summed E-state index contributed by atoms with van der Waals surface area (Å²) in [6.45, 7) is -0.648. The van der Waals surface area contributed by atoms with Crippen molar-refractivity contribution in [3.63, 3.8) is 0 Å². The minimum absolute atomic E-state index is 0.00550. The highest BCUT2D eigenvalue weighted by Gasteiger charge is 2.45. The summed E-state index contributed by atoms with van der Waals surface area (Å²) in [7, 11) is 1.30. The van der Waals surface area contributed by atoms with Gasteiger partial charge < -0.3 is 44.2 Å². The van der Waals surface area contributed by atoms with Gasteiger partial charge in [0.1, 0.15) is 24.4 Å². The molecule has 0 bridgehead atoms. The second-order valence-electron chi connectivity index (χ2n) is 5.74. The summed E-state index contributed by atoms with van der Waals surface area (Å²) in [6, 6.07) is 3.99. The fourth-order valence-electron chi connectivity index (χ4n) is 2.69. The minimum atomic E-state index is -1.70. The highest BCUT2D eigenvalue weighted by molar-refractivity contribution is 5.87. The predicted octanol–water partition coefficient (Wildman–Crippen LogP) is -1.31. The van der Waals surface area contributed by atoms with Crippen molar-refractivity contribution in [2.75, 3.05) is 13.7 Å². The van der Waals surface area contributed by atoms with E-state index in [-0.39, 0.29) is 17.1 Å². The van der Waals surface area contributed by atoms with Crippen LogP contribution >= 0.6 is 0 Å². The van der Waals surface area contributed by atoms with Gasteiger partial charge in [0, 0.05) is 11.5 Å². The predicted molar refractivity (Wildman–Crippen MR) is 85.1 cm³/mol. The van der Waals surface area contributed by atoms with Crippen molar-refractivity contribution in [2.24, 2.45) is 0 Å². The first-order valence-electron chi connectivity index (χ1n) is 7.68. The Morgan fingerprint density at radius 3 is 2.54 bits per heavy atom. The first kappa shape index (κ1) is 18.4. The van der Waals surface area contributed by atoms with E-state index in [0.717, 1.165) is 6.07 Å². The summed E-state index contributed by atoms with van der Waals surface area (Å²) >= 11 is 0. The van der Waals surface area contributed by atoms with E-state index in [2.05, 4.69) is 0 Å². The van der Waals surface area contributed by atoms with Gasteiger partial charge in [-0.2, -0.15) is 0 Å². The fraction of sp³-hybridized carbons (Fsp3) is 0.438. The van der Waals surface area contributed by atoms with Gasteiger partial charge in [0.25, 0.3) is 0 Å². The van der Waals surface area contributed by atoms with Crippen molar-refractivity contribution in [2.45, 2.75) is 30.7 Å². The lowest BCUT2D eigenvalue weighted by atomic mass is 9.99. The van der Waals surface area contributed by atoms with E-state index in [1.165, 1.54) is 19.2 Å². The monoisotopic (exact) mass is 370 g/mol. The Hall–Kier alpha value is -2.37. The van der Waals surface area contributed by atoms with Gasteiger partial charge in [0.2, 0.25) is 17.8 Å². The maximum atomic E-state index is 11.5. The van der Waals surface area contributed by atoms with Gasteiger partial charge in [0.05, 0.1) is 13.7 Å². The van der Waals surface area contributed by atoms with Gasteiger partial charge in [-0.25, -0.2) is 4.79 Å². The molecule has 0 spiro atoms. The normalized spacial score (nSPS) is 28.9. The van der Waals surface area contributed by atoms with Crippen molar-refractivity contribution in [3.8, 4) is 17.2 Å². The van der Waals surface area contributed by atoms with Gasteiger partial charge in [0.15, 0.2) is 11.3 Å². The van der Waals surface area contributed by atoms with E-state index >= 15 is 0 Å². The Bertz CT molecular complexity index is 845. The molecular weight excluding hydrogens is 352 g/mol. The quantitative estimate of drug-likeness (QED) is 0.409. The third-order valence-electron chi connectivity index (χ3n) is 4.11. The molecule has 2 heterocycles. The molecule has 26 heavy (non-hydrogen) atoms. The van der Waals surface area contributed by atoms with Crippen LogP contribution in [0.2, 0.25) is 0 Å². The number of benzene rings is 1. The molecule has 5 atom stereocenters. The SMILES string of the molecule is COc1cc2ccc(=O)oc2c(O[C@@H]2O[C@H](CO)[C@@H](O)[C@@H](O)[C@H]2O)c1O. The Labute approximate surface area is 146 Å². The molecule has 142 valence electrons. The summed E-state index contributed by atoms with van der Waals surface area (Å²) in [5.41, 5.74) is -0.839. The van der Waals surface area contributed by atoms with Gasteiger partial charge in [-0.1, -0.05) is 0 Å². The summed E-state index contributed by atoms with van der Waals surface area (Å²) in [6.07, 6.45) is -7.72. The number of phenols is 1. The molecule has 1 aliphatic heterocycles. The topological polar surface area (TPSA) is 159 Å². The van der Waals surface area contributed by atoms with Crippen LogP contribution in [0.4, 0.5) is 0 Å². The van der Waals surface area contributed by atoms with Crippen LogP contribution in [0.25, 0.3) is 11.0 Å². The zero-order valence-electron chi connectivity index (χ0n) is 13.6. The summed E-state index contributed by atoms with van der Waals surface area (Å²) in [4.78, 5) is 11.5. The lowest BCUT2D eigenvalue weighted by Crippen LogP contribution is -2.60. The number of aliphatic hydroxyl groups is 4. The summed E-state index contributed by atoms with van der Waals surface area (Å²) in [5, 5.41) is 49.6. The third kappa shape index (κ3) is 3.08. The van der Waals surface area contributed by atoms with Gasteiger partial charge in [-0.15, -0.1) is 0 Å². The van der Waals surface area contributed by atoms with Crippen LogP contribution in [0.15, 0.2) is 27.4 Å². The number of ether oxygens (including phenoxy) is 3. The zero-order chi connectivity index (χ0) is 19.0. The second-order valence-corrected chi connectivity index (χ2v) is 5.74. The number of hydrogen-bond acceptors (Lipinski definition) is 10. The molecule has 1 saturated heterocycles. The lowest BCUT2D eigenvalue weighted by Gasteiger charge is -2.39. The number of methoxy groups -OCH3 is 1. The molecule has 0 radical (unpaired) electrons. The average molecular weight is 370 g/mol. The molecule has 10 nitrogen and oxygen atoms in total. The van der Waals surface area contributed by atoms with Crippen LogP contribution in [0, 0.1) is 0 Å². The molecule has 10 heteroatoms. The number of fused-ring (bicyclic) bond motifs is 1. The van der Waals surface area contributed by atoms with Gasteiger partial charge in [-0.05, 0) is 12.1 Å². The third-order valence-corrected chi connectivity index (χ3v) is 4.11. The van der Waals surface area contributed by atoms with Crippen molar-refractivity contribution in [3.05, 3.63) is 28.6 Å². The smallest absolute Gasteiger partial charge is 0.336 e. The first-order valence-corrected chi connectivity index (χ1v) is 7.68. The van der Waals surface area contributed by atoms with Crippen LogP contribution in [-0.4, -0.2) is 70.0 Å². The van der Waals surface area contributed by atoms with Crippen LogP contribution in [0.5, 0.6) is 17.2 Å². The number of aliphatic hydroxyl groups excluding tert-OH is 4. The van der Waals surface area contributed by atoms with Crippen molar-refractivity contribution >= 4 is 11.0 Å². The molecule has 2 aromatic rings. The molecule has 5 N–H and O–H groups in total. The number of hydrogen-bond donors (Lipinski definition) is 5. The Morgan fingerprint density at radius 2 is 1.88 bits per heavy atom. The van der Waals surface area contributed by atoms with Crippen molar-refractivity contribution in [1.82, 2.24) is 0 Å². The Kier molecular flexibility index (Phi) is 5.03. The molecule has 1 aromatic heterocycles. The molecule has 1 aromatic carbocycles. The zero-order valence-corrected chi connectivity index (χ0v) is 13.6. The van der Waals surface area contributed by atoms with E-state index in [9.17, 15) is 30.3 Å². The Morgan fingerprint density at radius 1 is 1.15 bits per heavy atom. The Balaban J connectivity index is 2.06. The van der Waals surface area contributed by atoms with E-state index in [1.54, 1.807) is 0 Å². The molecule has 3 rings (SSSR count). The number of aromatic hydroxyl groups is 1. The molecule has 0 aliphatic carbocycles. The largest absolute Gasteiger partial charge is 0.502 e. The van der Waals surface area contributed by atoms with Crippen molar-refractivity contribution < 1.29 is 44.2 Å². The second kappa shape index (κ2) is 7.09. The van der Waals surface area contributed by atoms with Crippen LogP contribution in [0.1, 0.15) is 0 Å². The van der Waals surface area contributed by atoms with Crippen LogP contribution in [0.3, 0.4) is 0 Å². The van der Waals surface area contributed by atoms with E-state index < -0.39 is 48.7 Å². The maximum absolute atomic E-state index is 11.5. The van der Waals surface area contributed by atoms with Crippen LogP contribution in [-0.2, 0) is 4.74 Å². The minimum Gasteiger partial charge on any atom is -0.502 e. The lowest BCUT2D eigenvalue weighted by molar-refractivity contribution is -0.277. The standard InChI is InChI=1S/C16H18O10/c1-23-7-4-6-2-3-9(18)25-14(6)15(11(7)20)26-16-13(22)12(21)10(19)8(5-17)24-16/h2-4,8,10,12-13,16-17,19-22H,5H2,1H3/t8-,10-,12-,13-,16+/m1/s1. The number of rotatable bonds is 4. The highest BCUT2D eigenvalue weighted by Crippen LogP contribution is 2.43. The molecule has 1 fully saturated rings. The molecular formula is C16H18O10. The van der Waals surface area contributed by atoms with Gasteiger partial charge in [-0.3, -0.25) is 0 Å². The summed E-state index contributed by atoms with van der Waals surface area (Å²) < 4.78 is 20.8.